The van der Waals surface area contributed by atoms with Gasteiger partial charge in [0, 0.05) is 17.7 Å². The molecule has 1 aromatic carbocycles. The van der Waals surface area contributed by atoms with Crippen molar-refractivity contribution in [1.82, 2.24) is 4.98 Å². The minimum Gasteiger partial charge on any atom is -0.325 e. The zero-order valence-corrected chi connectivity index (χ0v) is 9.83. The molecule has 0 amide bonds. The van der Waals surface area contributed by atoms with Gasteiger partial charge >= 0.3 is 0 Å². The summed E-state index contributed by atoms with van der Waals surface area (Å²) in [6.45, 7) is 1.68. The van der Waals surface area contributed by atoms with Gasteiger partial charge in [-0.1, -0.05) is 12.1 Å². The van der Waals surface area contributed by atoms with E-state index in [1.54, 1.807) is 25.1 Å². The van der Waals surface area contributed by atoms with Crippen LogP contribution < -0.4 is 5.56 Å². The molecule has 0 atom stereocenters. The zero-order chi connectivity index (χ0) is 13.1. The van der Waals surface area contributed by atoms with Gasteiger partial charge in [-0.05, 0) is 30.7 Å². The van der Waals surface area contributed by atoms with Gasteiger partial charge in [-0.2, -0.15) is 5.26 Å². The predicted octanol–water partition coefficient (Wildman–Crippen LogP) is 2.28. The fraction of sp³-hybridized carbons (Fsp3) is 0.143. The number of pyridine rings is 1. The van der Waals surface area contributed by atoms with Gasteiger partial charge in [0.1, 0.15) is 11.9 Å². The summed E-state index contributed by atoms with van der Waals surface area (Å²) in [5.41, 5.74) is 2.13. The van der Waals surface area contributed by atoms with Gasteiger partial charge in [0.15, 0.2) is 0 Å². The van der Waals surface area contributed by atoms with Crippen molar-refractivity contribution >= 4 is 0 Å². The van der Waals surface area contributed by atoms with E-state index in [4.69, 9.17) is 5.26 Å². The van der Waals surface area contributed by atoms with Crippen LogP contribution in [-0.4, -0.2) is 4.98 Å². The van der Waals surface area contributed by atoms with Crippen LogP contribution in [0.25, 0.3) is 0 Å². The van der Waals surface area contributed by atoms with Crippen LogP contribution in [-0.2, 0) is 6.42 Å². The van der Waals surface area contributed by atoms with Crippen molar-refractivity contribution in [2.75, 3.05) is 0 Å². The topological polar surface area (TPSA) is 56.6 Å². The van der Waals surface area contributed by atoms with E-state index in [9.17, 15) is 9.18 Å². The van der Waals surface area contributed by atoms with Crippen LogP contribution in [0.1, 0.15) is 22.4 Å². The van der Waals surface area contributed by atoms with Crippen LogP contribution in [0.4, 0.5) is 4.39 Å². The van der Waals surface area contributed by atoms with Crippen molar-refractivity contribution in [2.24, 2.45) is 0 Å². The standard InChI is InChI=1S/C14H11FN2O/c1-9-12(8-16)7-11(14(18)17-9)6-10-2-4-13(15)5-3-10/h2-5,7H,6H2,1H3,(H,17,18). The first kappa shape index (κ1) is 12.1. The molecule has 18 heavy (non-hydrogen) atoms. The van der Waals surface area contributed by atoms with Gasteiger partial charge in [-0.15, -0.1) is 0 Å². The lowest BCUT2D eigenvalue weighted by Gasteiger charge is -2.03. The van der Waals surface area contributed by atoms with Crippen molar-refractivity contribution in [3.8, 4) is 6.07 Å². The molecule has 1 heterocycles. The summed E-state index contributed by atoms with van der Waals surface area (Å²) in [6.07, 6.45) is 0.380. The number of hydrogen-bond donors (Lipinski definition) is 1. The largest absolute Gasteiger partial charge is 0.325 e. The maximum absolute atomic E-state index is 12.8. The summed E-state index contributed by atoms with van der Waals surface area (Å²) in [6, 6.07) is 9.56. The Labute approximate surface area is 104 Å². The SMILES string of the molecule is Cc1[nH]c(=O)c(Cc2ccc(F)cc2)cc1C#N. The highest BCUT2D eigenvalue weighted by atomic mass is 19.1. The minimum absolute atomic E-state index is 0.212. The molecule has 2 rings (SSSR count). The average Bonchev–Trinajstić information content (AvgIpc) is 2.35. The maximum Gasteiger partial charge on any atom is 0.251 e. The van der Waals surface area contributed by atoms with Gasteiger partial charge in [0.25, 0.3) is 5.56 Å². The van der Waals surface area contributed by atoms with Gasteiger partial charge < -0.3 is 4.98 Å². The molecule has 0 radical (unpaired) electrons. The number of aromatic nitrogens is 1. The second-order valence-electron chi connectivity index (χ2n) is 4.08. The van der Waals surface area contributed by atoms with Crippen LogP contribution in [0.5, 0.6) is 0 Å². The number of hydrogen-bond acceptors (Lipinski definition) is 2. The average molecular weight is 242 g/mol. The molecule has 0 aliphatic carbocycles. The van der Waals surface area contributed by atoms with Crippen molar-refractivity contribution in [3.05, 3.63) is 68.9 Å². The minimum atomic E-state index is -0.311. The molecule has 4 heteroatoms. The Morgan fingerprint density at radius 2 is 2.00 bits per heavy atom. The molecular weight excluding hydrogens is 231 g/mol. The first-order chi connectivity index (χ1) is 8.60. The molecule has 0 unspecified atom stereocenters. The molecule has 0 fully saturated rings. The van der Waals surface area contributed by atoms with Crippen LogP contribution in [0, 0.1) is 24.1 Å². The summed E-state index contributed by atoms with van der Waals surface area (Å²) in [5.74, 6) is -0.311. The Morgan fingerprint density at radius 1 is 1.33 bits per heavy atom. The number of H-pyrrole nitrogens is 1. The van der Waals surface area contributed by atoms with Crippen molar-refractivity contribution in [2.45, 2.75) is 13.3 Å². The number of aromatic amines is 1. The number of nitrogens with zero attached hydrogens (tertiary/aromatic N) is 1. The Hall–Kier alpha value is -2.41. The number of aryl methyl sites for hydroxylation is 1. The Balaban J connectivity index is 2.38. The van der Waals surface area contributed by atoms with E-state index in [0.717, 1.165) is 5.56 Å². The first-order valence-corrected chi connectivity index (χ1v) is 5.47. The van der Waals surface area contributed by atoms with Crippen LogP contribution in [0.3, 0.4) is 0 Å². The number of rotatable bonds is 2. The van der Waals surface area contributed by atoms with E-state index in [0.29, 0.717) is 23.2 Å². The monoisotopic (exact) mass is 242 g/mol. The molecule has 2 aromatic rings. The summed E-state index contributed by atoms with van der Waals surface area (Å²) in [5, 5.41) is 8.91. The Bertz CT molecular complexity index is 666. The van der Waals surface area contributed by atoms with Gasteiger partial charge in [0.2, 0.25) is 0 Å². The van der Waals surface area contributed by atoms with Gasteiger partial charge in [0.05, 0.1) is 5.56 Å². The van der Waals surface area contributed by atoms with E-state index in [1.807, 2.05) is 6.07 Å². The fourth-order valence-corrected chi connectivity index (χ4v) is 1.74. The molecule has 0 aliphatic heterocycles. The maximum atomic E-state index is 12.8. The van der Waals surface area contributed by atoms with Gasteiger partial charge in [-0.25, -0.2) is 4.39 Å². The summed E-state index contributed by atoms with van der Waals surface area (Å²) >= 11 is 0. The van der Waals surface area contributed by atoms with E-state index in [-0.39, 0.29) is 11.4 Å². The normalized spacial score (nSPS) is 10.1. The fourth-order valence-electron chi connectivity index (χ4n) is 1.74. The highest BCUT2D eigenvalue weighted by Gasteiger charge is 2.06. The second kappa shape index (κ2) is 4.84. The van der Waals surface area contributed by atoms with E-state index in [2.05, 4.69) is 4.98 Å². The van der Waals surface area contributed by atoms with Crippen LogP contribution in [0.2, 0.25) is 0 Å². The highest BCUT2D eigenvalue weighted by molar-refractivity contribution is 5.37. The molecule has 0 saturated carbocycles. The number of benzene rings is 1. The van der Waals surface area contributed by atoms with Crippen LogP contribution >= 0.6 is 0 Å². The molecule has 0 aliphatic rings. The quantitative estimate of drug-likeness (QED) is 0.878. The zero-order valence-electron chi connectivity index (χ0n) is 9.83. The molecule has 3 nitrogen and oxygen atoms in total. The lowest BCUT2D eigenvalue weighted by Crippen LogP contribution is -2.15. The lowest BCUT2D eigenvalue weighted by atomic mass is 10.0. The Kier molecular flexibility index (Phi) is 3.24. The summed E-state index contributed by atoms with van der Waals surface area (Å²) in [7, 11) is 0. The predicted molar refractivity (Wildman–Crippen MR) is 65.7 cm³/mol. The van der Waals surface area contributed by atoms with E-state index < -0.39 is 0 Å². The smallest absolute Gasteiger partial charge is 0.251 e. The molecule has 90 valence electrons. The molecular formula is C14H11FN2O. The van der Waals surface area contributed by atoms with E-state index in [1.165, 1.54) is 12.1 Å². The molecule has 0 saturated heterocycles. The number of nitrogens with one attached hydrogen (secondary N) is 1. The lowest BCUT2D eigenvalue weighted by molar-refractivity contribution is 0.627. The van der Waals surface area contributed by atoms with Crippen molar-refractivity contribution in [3.63, 3.8) is 0 Å². The molecule has 1 N–H and O–H groups in total. The number of nitriles is 1. The second-order valence-corrected chi connectivity index (χ2v) is 4.08. The summed E-state index contributed by atoms with van der Waals surface area (Å²) < 4.78 is 12.8. The van der Waals surface area contributed by atoms with Crippen LogP contribution in [0.15, 0.2) is 35.1 Å². The first-order valence-electron chi connectivity index (χ1n) is 5.47. The highest BCUT2D eigenvalue weighted by Crippen LogP contribution is 2.10. The summed E-state index contributed by atoms with van der Waals surface area (Å²) in [4.78, 5) is 14.4. The molecule has 0 spiro atoms. The molecule has 1 aromatic heterocycles. The third-order valence-electron chi connectivity index (χ3n) is 2.74. The third-order valence-corrected chi connectivity index (χ3v) is 2.74. The third kappa shape index (κ3) is 2.46. The number of halogens is 1. The van der Waals surface area contributed by atoms with Gasteiger partial charge in [-0.3, -0.25) is 4.79 Å². The van der Waals surface area contributed by atoms with Crippen molar-refractivity contribution < 1.29 is 4.39 Å². The Morgan fingerprint density at radius 3 is 2.61 bits per heavy atom. The van der Waals surface area contributed by atoms with E-state index >= 15 is 0 Å². The van der Waals surface area contributed by atoms with Crippen molar-refractivity contribution in [1.29, 1.82) is 5.26 Å². The molecule has 0 bridgehead atoms.